The molecule has 2 unspecified atom stereocenters. The third-order valence-corrected chi connectivity index (χ3v) is 2.49. The summed E-state index contributed by atoms with van der Waals surface area (Å²) in [6.07, 6.45) is 0.684. The molecule has 0 spiro atoms. The molecule has 4 nitrogen and oxygen atoms in total. The third kappa shape index (κ3) is 3.18. The van der Waals surface area contributed by atoms with Gasteiger partial charge in [0.05, 0.1) is 19.3 Å². The molecule has 15 heavy (non-hydrogen) atoms. The van der Waals surface area contributed by atoms with E-state index in [2.05, 4.69) is 0 Å². The highest BCUT2D eigenvalue weighted by Crippen LogP contribution is 2.28. The lowest BCUT2D eigenvalue weighted by atomic mass is 9.99. The second-order valence-corrected chi connectivity index (χ2v) is 4.13. The number of carbonyl (C=O) groups is 1. The normalized spacial score (nSPS) is 29.9. The fourth-order valence-corrected chi connectivity index (χ4v) is 1.72. The van der Waals surface area contributed by atoms with E-state index < -0.39 is 5.79 Å². The number of hydrogen-bond donors (Lipinski definition) is 0. The topological polar surface area (TPSA) is 44.8 Å². The lowest BCUT2D eigenvalue weighted by molar-refractivity contribution is -0.291. The van der Waals surface area contributed by atoms with Crippen molar-refractivity contribution in [3.05, 3.63) is 0 Å². The van der Waals surface area contributed by atoms with Crippen LogP contribution in [0.3, 0.4) is 0 Å². The first kappa shape index (κ1) is 12.5. The van der Waals surface area contributed by atoms with Crippen LogP contribution in [0.25, 0.3) is 0 Å². The van der Waals surface area contributed by atoms with E-state index in [4.69, 9.17) is 14.2 Å². The molecular formula is C11H20O4. The van der Waals surface area contributed by atoms with Crippen LogP contribution >= 0.6 is 0 Å². The van der Waals surface area contributed by atoms with Gasteiger partial charge in [-0.3, -0.25) is 4.79 Å². The molecule has 0 aromatic carbocycles. The van der Waals surface area contributed by atoms with Crippen molar-refractivity contribution in [1.29, 1.82) is 0 Å². The Bertz CT molecular complexity index is 225. The second kappa shape index (κ2) is 4.94. The van der Waals surface area contributed by atoms with E-state index in [1.165, 1.54) is 0 Å². The Balaban J connectivity index is 2.62. The van der Waals surface area contributed by atoms with Crippen molar-refractivity contribution in [1.82, 2.24) is 0 Å². The molecule has 0 aromatic rings. The van der Waals surface area contributed by atoms with Gasteiger partial charge in [0.1, 0.15) is 5.92 Å². The van der Waals surface area contributed by atoms with Crippen LogP contribution < -0.4 is 0 Å². The zero-order valence-electron chi connectivity index (χ0n) is 9.91. The molecular weight excluding hydrogens is 196 g/mol. The first-order valence-corrected chi connectivity index (χ1v) is 5.48. The van der Waals surface area contributed by atoms with Crippen LogP contribution in [0.1, 0.15) is 34.1 Å². The SMILES string of the molecule is CCOC(=O)C1COC(C)(C)OC1CC. The van der Waals surface area contributed by atoms with Crippen LogP contribution in [0.4, 0.5) is 0 Å². The van der Waals surface area contributed by atoms with E-state index in [0.717, 1.165) is 6.42 Å². The minimum Gasteiger partial charge on any atom is -0.466 e. The van der Waals surface area contributed by atoms with Crippen molar-refractivity contribution in [3.63, 3.8) is 0 Å². The summed E-state index contributed by atoms with van der Waals surface area (Å²) in [5.74, 6) is -1.10. The first-order chi connectivity index (χ1) is 7.00. The Labute approximate surface area is 90.9 Å². The molecule has 0 radical (unpaired) electrons. The Hall–Kier alpha value is -0.610. The van der Waals surface area contributed by atoms with Gasteiger partial charge < -0.3 is 14.2 Å². The monoisotopic (exact) mass is 216 g/mol. The Morgan fingerprint density at radius 3 is 2.67 bits per heavy atom. The summed E-state index contributed by atoms with van der Waals surface area (Å²) in [6, 6.07) is 0. The molecule has 4 heteroatoms. The summed E-state index contributed by atoms with van der Waals surface area (Å²) in [5, 5.41) is 0. The van der Waals surface area contributed by atoms with Crippen LogP contribution in [0.15, 0.2) is 0 Å². The highest BCUT2D eigenvalue weighted by Gasteiger charge is 2.39. The van der Waals surface area contributed by atoms with Crippen molar-refractivity contribution in [2.45, 2.75) is 46.0 Å². The van der Waals surface area contributed by atoms with Gasteiger partial charge in [0, 0.05) is 0 Å². The van der Waals surface area contributed by atoms with Crippen LogP contribution in [0, 0.1) is 5.92 Å². The summed E-state index contributed by atoms with van der Waals surface area (Å²) in [5.41, 5.74) is 0. The molecule has 1 heterocycles. The van der Waals surface area contributed by atoms with Gasteiger partial charge in [-0.1, -0.05) is 6.92 Å². The maximum absolute atomic E-state index is 11.6. The predicted octanol–water partition coefficient (Wildman–Crippen LogP) is 1.73. The fourth-order valence-electron chi connectivity index (χ4n) is 1.72. The summed E-state index contributed by atoms with van der Waals surface area (Å²) in [4.78, 5) is 11.6. The zero-order chi connectivity index (χ0) is 11.5. The largest absolute Gasteiger partial charge is 0.466 e. The van der Waals surface area contributed by atoms with Gasteiger partial charge in [-0.05, 0) is 27.2 Å². The van der Waals surface area contributed by atoms with Crippen LogP contribution in [-0.4, -0.2) is 31.1 Å². The highest BCUT2D eigenvalue weighted by molar-refractivity contribution is 5.73. The predicted molar refractivity (Wildman–Crippen MR) is 55.3 cm³/mol. The molecule has 1 aliphatic heterocycles. The maximum atomic E-state index is 11.6. The molecule has 0 N–H and O–H groups in total. The average molecular weight is 216 g/mol. The van der Waals surface area contributed by atoms with E-state index in [-0.39, 0.29) is 18.0 Å². The fraction of sp³-hybridized carbons (Fsp3) is 0.909. The van der Waals surface area contributed by atoms with Crippen molar-refractivity contribution >= 4 is 5.97 Å². The Kier molecular flexibility index (Phi) is 4.11. The smallest absolute Gasteiger partial charge is 0.313 e. The molecule has 0 aliphatic carbocycles. The number of carbonyl (C=O) groups excluding carboxylic acids is 1. The Morgan fingerprint density at radius 1 is 1.47 bits per heavy atom. The van der Waals surface area contributed by atoms with Crippen molar-refractivity contribution in [3.8, 4) is 0 Å². The van der Waals surface area contributed by atoms with Crippen molar-refractivity contribution in [2.75, 3.05) is 13.2 Å². The number of esters is 1. The summed E-state index contributed by atoms with van der Waals surface area (Å²) in [7, 11) is 0. The summed E-state index contributed by atoms with van der Waals surface area (Å²) >= 11 is 0. The van der Waals surface area contributed by atoms with Gasteiger partial charge in [-0.2, -0.15) is 0 Å². The minimum atomic E-state index is -0.594. The van der Waals surface area contributed by atoms with Gasteiger partial charge in [-0.15, -0.1) is 0 Å². The molecule has 0 amide bonds. The average Bonchev–Trinajstić information content (AvgIpc) is 2.16. The molecule has 1 fully saturated rings. The van der Waals surface area contributed by atoms with E-state index in [1.54, 1.807) is 6.92 Å². The Morgan fingerprint density at radius 2 is 2.13 bits per heavy atom. The third-order valence-electron chi connectivity index (χ3n) is 2.49. The highest BCUT2D eigenvalue weighted by atomic mass is 16.7. The summed E-state index contributed by atoms with van der Waals surface area (Å²) < 4.78 is 16.1. The molecule has 0 bridgehead atoms. The summed E-state index contributed by atoms with van der Waals surface area (Å²) in [6.45, 7) is 8.29. The van der Waals surface area contributed by atoms with E-state index in [9.17, 15) is 4.79 Å². The lowest BCUT2D eigenvalue weighted by Gasteiger charge is -2.39. The van der Waals surface area contributed by atoms with Gasteiger partial charge in [0.2, 0.25) is 0 Å². The molecule has 0 aromatic heterocycles. The van der Waals surface area contributed by atoms with Gasteiger partial charge >= 0.3 is 5.97 Å². The van der Waals surface area contributed by atoms with Crippen LogP contribution in [0.5, 0.6) is 0 Å². The maximum Gasteiger partial charge on any atom is 0.313 e. The lowest BCUT2D eigenvalue weighted by Crippen LogP contribution is -2.48. The van der Waals surface area contributed by atoms with E-state index in [1.807, 2.05) is 20.8 Å². The molecule has 0 saturated carbocycles. The van der Waals surface area contributed by atoms with Gasteiger partial charge in [0.15, 0.2) is 5.79 Å². The molecule has 2 atom stereocenters. The molecule has 1 aliphatic rings. The first-order valence-electron chi connectivity index (χ1n) is 5.48. The number of hydrogen-bond acceptors (Lipinski definition) is 4. The number of ether oxygens (including phenoxy) is 3. The van der Waals surface area contributed by atoms with Gasteiger partial charge in [0.25, 0.3) is 0 Å². The molecule has 1 rings (SSSR count). The van der Waals surface area contributed by atoms with Crippen molar-refractivity contribution in [2.24, 2.45) is 5.92 Å². The van der Waals surface area contributed by atoms with E-state index in [0.29, 0.717) is 13.2 Å². The van der Waals surface area contributed by atoms with Crippen molar-refractivity contribution < 1.29 is 19.0 Å². The molecule has 1 saturated heterocycles. The molecule has 88 valence electrons. The standard InChI is InChI=1S/C11H20O4/c1-5-9-8(10(12)13-6-2)7-14-11(3,4)15-9/h8-9H,5-7H2,1-4H3. The van der Waals surface area contributed by atoms with Crippen LogP contribution in [-0.2, 0) is 19.0 Å². The van der Waals surface area contributed by atoms with E-state index >= 15 is 0 Å². The number of rotatable bonds is 3. The zero-order valence-corrected chi connectivity index (χ0v) is 9.91. The van der Waals surface area contributed by atoms with Gasteiger partial charge in [-0.25, -0.2) is 0 Å². The minimum absolute atomic E-state index is 0.104. The quantitative estimate of drug-likeness (QED) is 0.674. The van der Waals surface area contributed by atoms with Crippen LogP contribution in [0.2, 0.25) is 0 Å². The second-order valence-electron chi connectivity index (χ2n) is 4.13.